The number of nitrogens with zero attached hydrogens (tertiary/aromatic N) is 1. The molecule has 158 valence electrons. The molecule has 0 fully saturated rings. The van der Waals surface area contributed by atoms with Gasteiger partial charge >= 0.3 is 0 Å². The summed E-state index contributed by atoms with van der Waals surface area (Å²) in [6.45, 7) is 1.30. The van der Waals surface area contributed by atoms with Crippen molar-refractivity contribution in [3.05, 3.63) is 54.1 Å². The van der Waals surface area contributed by atoms with Crippen LogP contribution in [0, 0.1) is 0 Å². The number of methoxy groups -OCH3 is 1. The lowest BCUT2D eigenvalue weighted by molar-refractivity contribution is -0.120. The van der Waals surface area contributed by atoms with Crippen LogP contribution < -0.4 is 14.4 Å². The Balaban J connectivity index is 2.18. The fourth-order valence-electron chi connectivity index (χ4n) is 2.72. The fraction of sp³-hybridized carbons (Fsp3) is 0.316. The van der Waals surface area contributed by atoms with E-state index in [1.165, 1.54) is 19.2 Å². The topological polar surface area (TPSA) is 110 Å². The van der Waals surface area contributed by atoms with Crippen molar-refractivity contribution < 1.29 is 26.4 Å². The summed E-state index contributed by atoms with van der Waals surface area (Å²) >= 11 is 0. The molecule has 0 saturated carbocycles. The van der Waals surface area contributed by atoms with E-state index in [-0.39, 0.29) is 10.6 Å². The van der Waals surface area contributed by atoms with Crippen LogP contribution in [0.1, 0.15) is 18.5 Å². The number of anilines is 1. The molecule has 1 amide bonds. The van der Waals surface area contributed by atoms with Gasteiger partial charge in [0.2, 0.25) is 15.9 Å². The van der Waals surface area contributed by atoms with Crippen LogP contribution in [0.2, 0.25) is 0 Å². The predicted octanol–water partition coefficient (Wildman–Crippen LogP) is 1.74. The van der Waals surface area contributed by atoms with Gasteiger partial charge in [-0.15, -0.1) is 0 Å². The molecule has 10 heteroatoms. The number of nitrogens with one attached hydrogen (secondary N) is 1. The van der Waals surface area contributed by atoms with Crippen molar-refractivity contribution in [3.63, 3.8) is 0 Å². The predicted molar refractivity (Wildman–Crippen MR) is 111 cm³/mol. The number of hydrogen-bond acceptors (Lipinski definition) is 6. The Morgan fingerprint density at radius 3 is 2.14 bits per heavy atom. The van der Waals surface area contributed by atoms with E-state index in [1.54, 1.807) is 43.3 Å². The van der Waals surface area contributed by atoms with Crippen LogP contribution in [0.5, 0.6) is 5.75 Å². The summed E-state index contributed by atoms with van der Waals surface area (Å²) in [6, 6.07) is 12.2. The number of carbonyl (C=O) groups is 1. The highest BCUT2D eigenvalue weighted by molar-refractivity contribution is 7.92. The van der Waals surface area contributed by atoms with E-state index in [9.17, 15) is 21.6 Å². The summed E-state index contributed by atoms with van der Waals surface area (Å²) in [5.74, 6) is -0.184. The Morgan fingerprint density at radius 1 is 1.03 bits per heavy atom. The zero-order chi connectivity index (χ0) is 21.8. The molecule has 29 heavy (non-hydrogen) atoms. The molecule has 0 aliphatic rings. The van der Waals surface area contributed by atoms with Crippen molar-refractivity contribution in [1.82, 2.24) is 5.32 Å². The van der Waals surface area contributed by atoms with Crippen molar-refractivity contribution in [3.8, 4) is 5.75 Å². The molecule has 0 saturated heterocycles. The van der Waals surface area contributed by atoms with Gasteiger partial charge in [0.05, 0.1) is 30.0 Å². The first-order chi connectivity index (χ1) is 13.4. The third kappa shape index (κ3) is 5.94. The summed E-state index contributed by atoms with van der Waals surface area (Å²) in [5, 5.41) is 2.73. The van der Waals surface area contributed by atoms with Gasteiger partial charge in [0, 0.05) is 6.26 Å². The molecule has 0 radical (unpaired) electrons. The second-order valence-corrected chi connectivity index (χ2v) is 10.5. The third-order valence-corrected chi connectivity index (χ3v) is 6.48. The van der Waals surface area contributed by atoms with E-state index in [1.807, 2.05) is 0 Å². The number of para-hydroxylation sites is 2. The molecule has 0 aliphatic carbocycles. The molecule has 0 spiro atoms. The number of hydrogen-bond donors (Lipinski definition) is 1. The van der Waals surface area contributed by atoms with Crippen LogP contribution in [0.25, 0.3) is 0 Å². The quantitative estimate of drug-likeness (QED) is 0.670. The highest BCUT2D eigenvalue weighted by atomic mass is 32.2. The molecule has 1 atom stereocenters. The Bertz CT molecular complexity index is 1080. The van der Waals surface area contributed by atoms with Crippen molar-refractivity contribution >= 4 is 31.5 Å². The Labute approximate surface area is 171 Å². The van der Waals surface area contributed by atoms with E-state index < -0.39 is 38.4 Å². The van der Waals surface area contributed by atoms with Gasteiger partial charge in [-0.3, -0.25) is 9.10 Å². The number of sulfone groups is 1. The largest absolute Gasteiger partial charge is 0.495 e. The van der Waals surface area contributed by atoms with Crippen molar-refractivity contribution in [2.75, 3.05) is 30.5 Å². The molecule has 0 aliphatic heterocycles. The Kier molecular flexibility index (Phi) is 6.91. The highest BCUT2D eigenvalue weighted by Crippen LogP contribution is 2.29. The lowest BCUT2D eigenvalue weighted by Crippen LogP contribution is -2.41. The molecule has 2 aromatic carbocycles. The van der Waals surface area contributed by atoms with Crippen molar-refractivity contribution in [2.24, 2.45) is 0 Å². The molecule has 0 heterocycles. The van der Waals surface area contributed by atoms with Gasteiger partial charge in [-0.1, -0.05) is 24.3 Å². The Morgan fingerprint density at radius 2 is 1.62 bits per heavy atom. The molecule has 0 aromatic heterocycles. The SMILES string of the molecule is COc1ccccc1N(CC(=O)N[C@@H](C)c1ccc(S(C)(=O)=O)cc1)S(C)(=O)=O. The maximum Gasteiger partial charge on any atom is 0.241 e. The van der Waals surface area contributed by atoms with Gasteiger partial charge in [-0.05, 0) is 36.8 Å². The van der Waals surface area contributed by atoms with Crippen LogP contribution in [0.4, 0.5) is 5.69 Å². The van der Waals surface area contributed by atoms with Gasteiger partial charge in [0.1, 0.15) is 12.3 Å². The van der Waals surface area contributed by atoms with Gasteiger partial charge < -0.3 is 10.1 Å². The van der Waals surface area contributed by atoms with Crippen LogP contribution in [-0.2, 0) is 24.7 Å². The van der Waals surface area contributed by atoms with E-state index in [0.717, 1.165) is 16.8 Å². The second kappa shape index (κ2) is 8.83. The molecule has 2 aromatic rings. The number of sulfonamides is 1. The number of carbonyl (C=O) groups excluding carboxylic acids is 1. The average molecular weight is 441 g/mol. The summed E-state index contributed by atoms with van der Waals surface area (Å²) in [6.07, 6.45) is 2.13. The van der Waals surface area contributed by atoms with E-state index in [0.29, 0.717) is 11.3 Å². The summed E-state index contributed by atoms with van der Waals surface area (Å²) in [4.78, 5) is 12.7. The number of ether oxygens (including phenoxy) is 1. The van der Waals surface area contributed by atoms with Crippen molar-refractivity contribution in [1.29, 1.82) is 0 Å². The van der Waals surface area contributed by atoms with Gasteiger partial charge in [0.15, 0.2) is 9.84 Å². The van der Waals surface area contributed by atoms with Gasteiger partial charge in [-0.2, -0.15) is 0 Å². The van der Waals surface area contributed by atoms with Crippen LogP contribution in [0.3, 0.4) is 0 Å². The molecular weight excluding hydrogens is 416 g/mol. The smallest absolute Gasteiger partial charge is 0.241 e. The molecule has 0 unspecified atom stereocenters. The summed E-state index contributed by atoms with van der Waals surface area (Å²) < 4.78 is 53.8. The number of rotatable bonds is 8. The molecule has 8 nitrogen and oxygen atoms in total. The maximum atomic E-state index is 12.5. The van der Waals surface area contributed by atoms with Crippen LogP contribution in [0.15, 0.2) is 53.4 Å². The summed E-state index contributed by atoms with van der Waals surface area (Å²) in [5.41, 5.74) is 0.951. The first-order valence-corrected chi connectivity index (χ1v) is 12.4. The number of benzene rings is 2. The van der Waals surface area contributed by atoms with Crippen LogP contribution >= 0.6 is 0 Å². The lowest BCUT2D eigenvalue weighted by Gasteiger charge is -2.24. The normalized spacial score (nSPS) is 12.8. The molecule has 1 N–H and O–H groups in total. The zero-order valence-corrected chi connectivity index (χ0v) is 18.2. The first kappa shape index (κ1) is 22.7. The standard InChI is InChI=1S/C19H24N2O6S2/c1-14(15-9-11-16(12-10-15)28(3,23)24)20-19(22)13-21(29(4,25)26)17-7-5-6-8-18(17)27-2/h5-12,14H,13H2,1-4H3,(H,20,22)/t14-/m0/s1. The number of amides is 1. The van der Waals surface area contributed by atoms with E-state index >= 15 is 0 Å². The highest BCUT2D eigenvalue weighted by Gasteiger charge is 2.24. The second-order valence-electron chi connectivity index (χ2n) is 6.57. The lowest BCUT2D eigenvalue weighted by atomic mass is 10.1. The minimum absolute atomic E-state index is 0.180. The zero-order valence-electron chi connectivity index (χ0n) is 16.6. The van der Waals surface area contributed by atoms with Gasteiger partial charge in [0.25, 0.3) is 0 Å². The molecular formula is C19H24N2O6S2. The summed E-state index contributed by atoms with van der Waals surface area (Å²) in [7, 11) is -5.63. The maximum absolute atomic E-state index is 12.5. The fourth-order valence-corrected chi connectivity index (χ4v) is 4.21. The Hall–Kier alpha value is -2.59. The average Bonchev–Trinajstić information content (AvgIpc) is 2.64. The minimum Gasteiger partial charge on any atom is -0.495 e. The molecule has 0 bridgehead atoms. The monoisotopic (exact) mass is 440 g/mol. The van der Waals surface area contributed by atoms with Crippen molar-refractivity contribution in [2.45, 2.75) is 17.9 Å². The van der Waals surface area contributed by atoms with Crippen LogP contribution in [-0.4, -0.2) is 48.9 Å². The van der Waals surface area contributed by atoms with E-state index in [2.05, 4.69) is 5.32 Å². The third-order valence-electron chi connectivity index (χ3n) is 4.23. The minimum atomic E-state index is -3.74. The van der Waals surface area contributed by atoms with E-state index in [4.69, 9.17) is 4.74 Å². The van der Waals surface area contributed by atoms with Gasteiger partial charge in [-0.25, -0.2) is 16.8 Å². The molecule has 2 rings (SSSR count). The first-order valence-electron chi connectivity index (χ1n) is 8.63.